The summed E-state index contributed by atoms with van der Waals surface area (Å²) in [5.74, 6) is -0.354. The van der Waals surface area contributed by atoms with Gasteiger partial charge in [0, 0.05) is 17.5 Å². The van der Waals surface area contributed by atoms with Gasteiger partial charge in [0.25, 0.3) is 0 Å². The van der Waals surface area contributed by atoms with Crippen molar-refractivity contribution in [2.75, 3.05) is 6.61 Å². The fraction of sp³-hybridized carbons (Fsp3) is 0.214. The van der Waals surface area contributed by atoms with E-state index in [2.05, 4.69) is 4.98 Å². The minimum absolute atomic E-state index is 0.251. The molecule has 19 heavy (non-hydrogen) atoms. The molecule has 0 aliphatic carbocycles. The Morgan fingerprint density at radius 2 is 2.32 bits per heavy atom. The van der Waals surface area contributed by atoms with Gasteiger partial charge in [-0.1, -0.05) is 12.1 Å². The van der Waals surface area contributed by atoms with Crippen LogP contribution in [0.2, 0.25) is 0 Å². The number of para-hydroxylation sites is 1. The highest BCUT2D eigenvalue weighted by Gasteiger charge is 2.26. The zero-order valence-electron chi connectivity index (χ0n) is 10.0. The number of hydrogen-bond donors (Lipinski definition) is 0. The molecule has 0 amide bonds. The first-order chi connectivity index (χ1) is 9.34. The summed E-state index contributed by atoms with van der Waals surface area (Å²) in [6.45, 7) is 1.39. The number of imidazole rings is 1. The molecule has 0 fully saturated rings. The van der Waals surface area contributed by atoms with Gasteiger partial charge in [0.2, 0.25) is 0 Å². The van der Waals surface area contributed by atoms with E-state index in [1.807, 2.05) is 10.6 Å². The molecule has 96 valence electrons. The summed E-state index contributed by atoms with van der Waals surface area (Å²) < 4.78 is 26.9. The lowest BCUT2D eigenvalue weighted by atomic mass is 10.0. The van der Waals surface area contributed by atoms with E-state index in [1.165, 1.54) is 6.07 Å². The van der Waals surface area contributed by atoms with Crippen LogP contribution >= 0.6 is 0 Å². The molecule has 0 saturated heterocycles. The van der Waals surface area contributed by atoms with Crippen LogP contribution in [0.5, 0.6) is 0 Å². The van der Waals surface area contributed by atoms with Crippen molar-refractivity contribution < 1.29 is 13.5 Å². The summed E-state index contributed by atoms with van der Waals surface area (Å²) in [6.07, 6.45) is 4.89. The van der Waals surface area contributed by atoms with Gasteiger partial charge in [-0.15, -0.1) is 0 Å². The highest BCUT2D eigenvalue weighted by atomic mass is 19.1. The maximum atomic E-state index is 13.7. The smallest absolute Gasteiger partial charge is 0.169 e. The van der Waals surface area contributed by atoms with Gasteiger partial charge < -0.3 is 13.7 Å². The molecule has 5 heteroatoms. The van der Waals surface area contributed by atoms with Crippen molar-refractivity contribution in [1.29, 1.82) is 0 Å². The molecular formula is C14H11FN2O2. The second-order valence-corrected chi connectivity index (χ2v) is 4.57. The van der Waals surface area contributed by atoms with Gasteiger partial charge in [-0.25, -0.2) is 9.37 Å². The molecule has 0 saturated carbocycles. The third kappa shape index (κ3) is 1.51. The topological polar surface area (TPSA) is 40.2 Å². The Morgan fingerprint density at radius 3 is 3.26 bits per heavy atom. The molecule has 0 radical (unpaired) electrons. The first-order valence-corrected chi connectivity index (χ1v) is 6.12. The first-order valence-electron chi connectivity index (χ1n) is 6.12. The number of benzene rings is 1. The maximum absolute atomic E-state index is 13.7. The quantitative estimate of drug-likeness (QED) is 0.673. The molecule has 2 aromatic heterocycles. The predicted molar refractivity (Wildman–Crippen MR) is 66.2 cm³/mol. The van der Waals surface area contributed by atoms with Crippen molar-refractivity contribution in [3.8, 4) is 0 Å². The Kier molecular flexibility index (Phi) is 2.22. The highest BCUT2D eigenvalue weighted by Crippen LogP contribution is 2.35. The first kappa shape index (κ1) is 10.8. The summed E-state index contributed by atoms with van der Waals surface area (Å²) in [4.78, 5) is 4.14. The minimum Gasteiger partial charge on any atom is -0.461 e. The summed E-state index contributed by atoms with van der Waals surface area (Å²) in [7, 11) is 0. The summed E-state index contributed by atoms with van der Waals surface area (Å²) >= 11 is 0. The largest absolute Gasteiger partial charge is 0.461 e. The van der Waals surface area contributed by atoms with E-state index in [0.717, 1.165) is 23.2 Å². The second kappa shape index (κ2) is 3.93. The number of rotatable bonds is 1. The maximum Gasteiger partial charge on any atom is 0.169 e. The molecule has 3 aromatic rings. The van der Waals surface area contributed by atoms with E-state index in [0.29, 0.717) is 6.61 Å². The Morgan fingerprint density at radius 1 is 1.37 bits per heavy atom. The monoisotopic (exact) mass is 258 g/mol. The molecule has 0 bridgehead atoms. The number of ether oxygens (including phenoxy) is 1. The van der Waals surface area contributed by atoms with Crippen LogP contribution < -0.4 is 0 Å². The average Bonchev–Trinajstić information content (AvgIpc) is 3.05. The molecule has 1 aliphatic heterocycles. The van der Waals surface area contributed by atoms with Crippen molar-refractivity contribution in [3.05, 3.63) is 54.1 Å². The predicted octanol–water partition coefficient (Wildman–Crippen LogP) is 2.89. The highest BCUT2D eigenvalue weighted by molar-refractivity contribution is 5.82. The molecule has 1 atom stereocenters. The normalized spacial score (nSPS) is 18.7. The number of halogens is 1. The summed E-state index contributed by atoms with van der Waals surface area (Å²) in [5.41, 5.74) is 2.09. The third-order valence-corrected chi connectivity index (χ3v) is 3.49. The van der Waals surface area contributed by atoms with Gasteiger partial charge in [0.05, 0.1) is 31.1 Å². The number of aromatic nitrogens is 2. The molecule has 1 aliphatic rings. The van der Waals surface area contributed by atoms with E-state index in [1.54, 1.807) is 24.9 Å². The molecule has 3 heterocycles. The van der Waals surface area contributed by atoms with Crippen molar-refractivity contribution in [3.63, 3.8) is 0 Å². The Labute approximate surface area is 108 Å². The zero-order chi connectivity index (χ0) is 12.8. The number of furan rings is 1. The summed E-state index contributed by atoms with van der Waals surface area (Å²) in [6, 6.07) is 4.91. The molecule has 0 spiro atoms. The van der Waals surface area contributed by atoms with Crippen LogP contribution in [0.4, 0.5) is 4.39 Å². The van der Waals surface area contributed by atoms with E-state index in [9.17, 15) is 4.39 Å². The average molecular weight is 258 g/mol. The Bertz CT molecular complexity index is 747. The second-order valence-electron chi connectivity index (χ2n) is 4.57. The van der Waals surface area contributed by atoms with Crippen LogP contribution in [0.3, 0.4) is 0 Å². The van der Waals surface area contributed by atoms with Gasteiger partial charge in [-0.2, -0.15) is 0 Å². The SMILES string of the molecule is Fc1cccc2c(C3OCCn4cncc43)coc12. The van der Waals surface area contributed by atoms with E-state index in [-0.39, 0.29) is 17.5 Å². The fourth-order valence-electron chi connectivity index (χ4n) is 2.58. The molecule has 4 nitrogen and oxygen atoms in total. The van der Waals surface area contributed by atoms with Gasteiger partial charge in [0.1, 0.15) is 6.10 Å². The molecule has 1 aromatic carbocycles. The van der Waals surface area contributed by atoms with Gasteiger partial charge in [-0.3, -0.25) is 0 Å². The lowest BCUT2D eigenvalue weighted by Crippen LogP contribution is -2.21. The van der Waals surface area contributed by atoms with E-state index < -0.39 is 0 Å². The standard InChI is InChI=1S/C14H11FN2O2/c15-11-3-1-2-9-10(7-19-13(9)11)14-12-6-16-8-17(12)4-5-18-14/h1-3,6-8,14H,4-5H2. The van der Waals surface area contributed by atoms with Crippen LogP contribution in [0.25, 0.3) is 11.0 Å². The summed E-state index contributed by atoms with van der Waals surface area (Å²) in [5, 5.41) is 0.750. The fourth-order valence-corrected chi connectivity index (χ4v) is 2.58. The van der Waals surface area contributed by atoms with Crippen LogP contribution in [0.1, 0.15) is 17.4 Å². The van der Waals surface area contributed by atoms with Crippen molar-refractivity contribution in [2.24, 2.45) is 0 Å². The molecule has 1 unspecified atom stereocenters. The van der Waals surface area contributed by atoms with E-state index >= 15 is 0 Å². The number of fused-ring (bicyclic) bond motifs is 2. The lowest BCUT2D eigenvalue weighted by molar-refractivity contribution is 0.0469. The van der Waals surface area contributed by atoms with Crippen molar-refractivity contribution in [1.82, 2.24) is 9.55 Å². The lowest BCUT2D eigenvalue weighted by Gasteiger charge is -2.24. The van der Waals surface area contributed by atoms with Crippen LogP contribution in [0.15, 0.2) is 41.4 Å². The Hall–Kier alpha value is -2.14. The molecule has 4 rings (SSSR count). The van der Waals surface area contributed by atoms with E-state index in [4.69, 9.17) is 9.15 Å². The van der Waals surface area contributed by atoms with Crippen LogP contribution in [-0.2, 0) is 11.3 Å². The van der Waals surface area contributed by atoms with Crippen LogP contribution in [-0.4, -0.2) is 16.2 Å². The molecule has 0 N–H and O–H groups in total. The van der Waals surface area contributed by atoms with Crippen molar-refractivity contribution >= 4 is 11.0 Å². The van der Waals surface area contributed by atoms with Gasteiger partial charge >= 0.3 is 0 Å². The van der Waals surface area contributed by atoms with Gasteiger partial charge in [-0.05, 0) is 6.07 Å². The Balaban J connectivity index is 1.91. The number of nitrogens with zero attached hydrogens (tertiary/aromatic N) is 2. The molecular weight excluding hydrogens is 247 g/mol. The van der Waals surface area contributed by atoms with Crippen LogP contribution in [0, 0.1) is 5.82 Å². The van der Waals surface area contributed by atoms with Gasteiger partial charge in [0.15, 0.2) is 11.4 Å². The third-order valence-electron chi connectivity index (χ3n) is 3.49. The number of hydrogen-bond acceptors (Lipinski definition) is 3. The van der Waals surface area contributed by atoms with Crippen molar-refractivity contribution in [2.45, 2.75) is 12.6 Å². The minimum atomic E-state index is -0.354. The zero-order valence-corrected chi connectivity index (χ0v) is 10.0.